The van der Waals surface area contributed by atoms with Crippen LogP contribution in [0.2, 0.25) is 0 Å². The Morgan fingerprint density at radius 3 is 2.67 bits per heavy atom. The number of allylic oxidation sites excluding steroid dienone is 1. The number of nitro benzene ring substituents is 1. The van der Waals surface area contributed by atoms with E-state index in [1.165, 1.54) is 12.1 Å². The van der Waals surface area contributed by atoms with Crippen LogP contribution in [-0.2, 0) is 11.2 Å². The number of rotatable bonds is 5. The molecule has 0 radical (unpaired) electrons. The molecule has 0 atom stereocenters. The van der Waals surface area contributed by atoms with E-state index >= 15 is 0 Å². The Bertz CT molecular complexity index is 494. The SMILES string of the molecule is C=C(C)Cc1ccc(C(=O)OCC)cc1[N+](=O)[O-]. The number of nitro groups is 1. The molecule has 0 heterocycles. The van der Waals surface area contributed by atoms with Gasteiger partial charge in [0.25, 0.3) is 5.69 Å². The van der Waals surface area contributed by atoms with Crippen molar-refractivity contribution < 1.29 is 14.5 Å². The number of ether oxygens (including phenoxy) is 1. The third-order valence-electron chi connectivity index (χ3n) is 2.29. The van der Waals surface area contributed by atoms with E-state index in [9.17, 15) is 14.9 Å². The number of esters is 1. The van der Waals surface area contributed by atoms with Gasteiger partial charge in [0.05, 0.1) is 17.1 Å². The average Bonchev–Trinajstić information content (AvgIpc) is 2.28. The molecule has 0 saturated carbocycles. The van der Waals surface area contributed by atoms with E-state index in [4.69, 9.17) is 4.74 Å². The monoisotopic (exact) mass is 249 g/mol. The molecule has 5 nitrogen and oxygen atoms in total. The van der Waals surface area contributed by atoms with Crippen LogP contribution in [0.4, 0.5) is 5.69 Å². The first-order valence-corrected chi connectivity index (χ1v) is 5.54. The van der Waals surface area contributed by atoms with Crippen LogP contribution < -0.4 is 0 Å². The maximum atomic E-state index is 11.5. The van der Waals surface area contributed by atoms with Crippen LogP contribution in [0.15, 0.2) is 30.4 Å². The third-order valence-corrected chi connectivity index (χ3v) is 2.29. The molecule has 0 saturated heterocycles. The zero-order chi connectivity index (χ0) is 13.7. The molecule has 0 bridgehead atoms. The Labute approximate surface area is 105 Å². The molecule has 0 unspecified atom stereocenters. The number of carbonyl (C=O) groups is 1. The molecule has 0 aliphatic carbocycles. The van der Waals surface area contributed by atoms with Gasteiger partial charge in [-0.3, -0.25) is 10.1 Å². The van der Waals surface area contributed by atoms with Crippen molar-refractivity contribution in [1.29, 1.82) is 0 Å². The van der Waals surface area contributed by atoms with Gasteiger partial charge in [0.1, 0.15) is 0 Å². The summed E-state index contributed by atoms with van der Waals surface area (Å²) in [6.45, 7) is 7.44. The van der Waals surface area contributed by atoms with E-state index in [-0.39, 0.29) is 17.9 Å². The lowest BCUT2D eigenvalue weighted by Crippen LogP contribution is -2.06. The van der Waals surface area contributed by atoms with Crippen molar-refractivity contribution in [2.45, 2.75) is 20.3 Å². The van der Waals surface area contributed by atoms with Crippen LogP contribution >= 0.6 is 0 Å². The van der Waals surface area contributed by atoms with Gasteiger partial charge in [0.2, 0.25) is 0 Å². The Kier molecular flexibility index (Phi) is 4.59. The quantitative estimate of drug-likeness (QED) is 0.348. The molecular weight excluding hydrogens is 234 g/mol. The molecule has 0 spiro atoms. The topological polar surface area (TPSA) is 69.4 Å². The number of hydrogen-bond acceptors (Lipinski definition) is 4. The minimum absolute atomic E-state index is 0.0800. The number of benzene rings is 1. The summed E-state index contributed by atoms with van der Waals surface area (Å²) in [5, 5.41) is 11.0. The van der Waals surface area contributed by atoms with Gasteiger partial charge in [0, 0.05) is 11.6 Å². The summed E-state index contributed by atoms with van der Waals surface area (Å²) in [7, 11) is 0. The molecule has 5 heteroatoms. The average molecular weight is 249 g/mol. The second-order valence-electron chi connectivity index (χ2n) is 3.95. The molecule has 18 heavy (non-hydrogen) atoms. The standard InChI is InChI=1S/C13H15NO4/c1-4-18-13(15)11-6-5-10(7-9(2)3)12(8-11)14(16)17/h5-6,8H,2,4,7H2,1,3H3. The van der Waals surface area contributed by atoms with E-state index < -0.39 is 10.9 Å². The van der Waals surface area contributed by atoms with Gasteiger partial charge < -0.3 is 4.74 Å². The van der Waals surface area contributed by atoms with Crippen LogP contribution in [0.5, 0.6) is 0 Å². The van der Waals surface area contributed by atoms with Crippen LogP contribution in [0, 0.1) is 10.1 Å². The molecule has 0 aliphatic heterocycles. The molecule has 1 aromatic rings. The van der Waals surface area contributed by atoms with E-state index in [0.717, 1.165) is 5.57 Å². The molecule has 0 fully saturated rings. The fourth-order valence-corrected chi connectivity index (χ4v) is 1.55. The lowest BCUT2D eigenvalue weighted by atomic mass is 10.0. The lowest BCUT2D eigenvalue weighted by molar-refractivity contribution is -0.385. The predicted octanol–water partition coefficient (Wildman–Crippen LogP) is 2.89. The number of hydrogen-bond donors (Lipinski definition) is 0. The fourth-order valence-electron chi connectivity index (χ4n) is 1.55. The summed E-state index contributed by atoms with van der Waals surface area (Å²) in [6.07, 6.45) is 0.416. The van der Waals surface area contributed by atoms with Crippen LogP contribution in [0.25, 0.3) is 0 Å². The molecule has 0 aliphatic rings. The smallest absolute Gasteiger partial charge is 0.338 e. The Hall–Kier alpha value is -2.17. The van der Waals surface area contributed by atoms with Crippen LogP contribution in [0.3, 0.4) is 0 Å². The first-order valence-electron chi connectivity index (χ1n) is 5.54. The van der Waals surface area contributed by atoms with Crippen molar-refractivity contribution in [3.05, 3.63) is 51.6 Å². The largest absolute Gasteiger partial charge is 0.462 e. The fraction of sp³-hybridized carbons (Fsp3) is 0.308. The summed E-state index contributed by atoms with van der Waals surface area (Å²) in [5.41, 5.74) is 1.47. The number of carbonyl (C=O) groups excluding carboxylic acids is 1. The van der Waals surface area contributed by atoms with Gasteiger partial charge in [-0.25, -0.2) is 4.79 Å². The van der Waals surface area contributed by atoms with Gasteiger partial charge in [-0.15, -0.1) is 0 Å². The summed E-state index contributed by atoms with van der Waals surface area (Å²) in [6, 6.07) is 4.35. The second-order valence-corrected chi connectivity index (χ2v) is 3.95. The first-order chi connectivity index (χ1) is 8.45. The van der Waals surface area contributed by atoms with Crippen molar-refractivity contribution in [3.63, 3.8) is 0 Å². The predicted molar refractivity (Wildman–Crippen MR) is 67.6 cm³/mol. The number of nitrogens with zero attached hydrogens (tertiary/aromatic N) is 1. The summed E-state index contributed by atoms with van der Waals surface area (Å²) in [4.78, 5) is 22.0. The minimum Gasteiger partial charge on any atom is -0.462 e. The van der Waals surface area contributed by atoms with Gasteiger partial charge in [-0.2, -0.15) is 0 Å². The third kappa shape index (κ3) is 3.41. The van der Waals surface area contributed by atoms with E-state index in [2.05, 4.69) is 6.58 Å². The van der Waals surface area contributed by atoms with Crippen LogP contribution in [-0.4, -0.2) is 17.5 Å². The molecule has 1 aromatic carbocycles. The van der Waals surface area contributed by atoms with Gasteiger partial charge in [0.15, 0.2) is 0 Å². The maximum Gasteiger partial charge on any atom is 0.338 e. The zero-order valence-corrected chi connectivity index (χ0v) is 10.4. The van der Waals surface area contributed by atoms with Crippen molar-refractivity contribution in [1.82, 2.24) is 0 Å². The van der Waals surface area contributed by atoms with E-state index in [0.29, 0.717) is 12.0 Å². The van der Waals surface area contributed by atoms with Crippen molar-refractivity contribution in [2.75, 3.05) is 6.61 Å². The second kappa shape index (κ2) is 5.95. The molecule has 0 N–H and O–H groups in total. The van der Waals surface area contributed by atoms with E-state index in [1.807, 2.05) is 0 Å². The van der Waals surface area contributed by atoms with Crippen LogP contribution in [0.1, 0.15) is 29.8 Å². The summed E-state index contributed by atoms with van der Waals surface area (Å²) >= 11 is 0. The minimum atomic E-state index is -0.553. The molecular formula is C13H15NO4. The maximum absolute atomic E-state index is 11.5. The Balaban J connectivity index is 3.14. The van der Waals surface area contributed by atoms with Gasteiger partial charge in [-0.1, -0.05) is 18.2 Å². The molecule has 0 aromatic heterocycles. The van der Waals surface area contributed by atoms with Crippen molar-refractivity contribution in [3.8, 4) is 0 Å². The highest BCUT2D eigenvalue weighted by molar-refractivity contribution is 5.90. The first kappa shape index (κ1) is 13.9. The summed E-state index contributed by atoms with van der Waals surface area (Å²) < 4.78 is 4.80. The van der Waals surface area contributed by atoms with Gasteiger partial charge in [-0.05, 0) is 26.3 Å². The zero-order valence-electron chi connectivity index (χ0n) is 10.4. The lowest BCUT2D eigenvalue weighted by Gasteiger charge is -2.05. The van der Waals surface area contributed by atoms with Crippen molar-refractivity contribution >= 4 is 11.7 Å². The highest BCUT2D eigenvalue weighted by atomic mass is 16.6. The molecule has 0 amide bonds. The normalized spacial score (nSPS) is 9.89. The summed E-state index contributed by atoms with van der Waals surface area (Å²) in [5.74, 6) is -0.553. The Morgan fingerprint density at radius 2 is 2.17 bits per heavy atom. The Morgan fingerprint density at radius 1 is 1.50 bits per heavy atom. The highest BCUT2D eigenvalue weighted by Crippen LogP contribution is 2.23. The highest BCUT2D eigenvalue weighted by Gasteiger charge is 2.17. The molecule has 1 rings (SSSR count). The molecule has 96 valence electrons. The van der Waals surface area contributed by atoms with Crippen molar-refractivity contribution in [2.24, 2.45) is 0 Å². The van der Waals surface area contributed by atoms with Gasteiger partial charge >= 0.3 is 5.97 Å². The van der Waals surface area contributed by atoms with E-state index in [1.54, 1.807) is 19.9 Å².